The maximum Gasteiger partial charge on any atom is 0.266 e. The molecule has 4 aromatic rings. The SMILES string of the molecule is Cc1ccc(NC(=O)CSc2nc3ccccc3c(=O)n2-c2cccc(Cl)c2C)c(Br)c1. The maximum absolute atomic E-state index is 13.4. The van der Waals surface area contributed by atoms with Gasteiger partial charge in [-0.1, -0.05) is 47.6 Å². The fraction of sp³-hybridized carbons (Fsp3) is 0.125. The minimum Gasteiger partial charge on any atom is -0.324 e. The largest absolute Gasteiger partial charge is 0.324 e. The van der Waals surface area contributed by atoms with Crippen molar-refractivity contribution in [2.45, 2.75) is 19.0 Å². The van der Waals surface area contributed by atoms with E-state index < -0.39 is 0 Å². The van der Waals surface area contributed by atoms with Crippen LogP contribution >= 0.6 is 39.3 Å². The summed E-state index contributed by atoms with van der Waals surface area (Å²) in [4.78, 5) is 30.7. The number of fused-ring (bicyclic) bond motifs is 1. The molecule has 0 aliphatic carbocycles. The lowest BCUT2D eigenvalue weighted by Gasteiger charge is -2.16. The van der Waals surface area contributed by atoms with E-state index in [9.17, 15) is 9.59 Å². The Labute approximate surface area is 203 Å². The highest BCUT2D eigenvalue weighted by molar-refractivity contribution is 9.10. The number of hydrogen-bond donors (Lipinski definition) is 1. The molecule has 0 bridgehead atoms. The lowest BCUT2D eigenvalue weighted by molar-refractivity contribution is -0.113. The maximum atomic E-state index is 13.4. The number of aryl methyl sites for hydroxylation is 1. The van der Waals surface area contributed by atoms with Crippen molar-refractivity contribution >= 4 is 61.8 Å². The highest BCUT2D eigenvalue weighted by atomic mass is 79.9. The predicted molar refractivity (Wildman–Crippen MR) is 135 cm³/mol. The highest BCUT2D eigenvalue weighted by Gasteiger charge is 2.17. The third-order valence-corrected chi connectivity index (χ3v) is 6.96. The summed E-state index contributed by atoms with van der Waals surface area (Å²) >= 11 is 11.0. The fourth-order valence-corrected chi connectivity index (χ4v) is 4.87. The van der Waals surface area contributed by atoms with E-state index >= 15 is 0 Å². The number of nitrogens with one attached hydrogen (secondary N) is 1. The average molecular weight is 529 g/mol. The van der Waals surface area contributed by atoms with Crippen LogP contribution in [0.5, 0.6) is 0 Å². The van der Waals surface area contributed by atoms with Gasteiger partial charge in [0.15, 0.2) is 5.16 Å². The molecular formula is C24H19BrClN3O2S. The van der Waals surface area contributed by atoms with E-state index in [0.29, 0.717) is 32.5 Å². The van der Waals surface area contributed by atoms with Crippen molar-refractivity contribution in [3.63, 3.8) is 0 Å². The Kier molecular flexibility index (Phi) is 6.69. The fourth-order valence-electron chi connectivity index (χ4n) is 3.30. The summed E-state index contributed by atoms with van der Waals surface area (Å²) in [7, 11) is 0. The monoisotopic (exact) mass is 527 g/mol. The van der Waals surface area contributed by atoms with Crippen LogP contribution in [0.3, 0.4) is 0 Å². The van der Waals surface area contributed by atoms with Crippen LogP contribution in [-0.4, -0.2) is 21.2 Å². The molecule has 1 heterocycles. The first-order valence-corrected chi connectivity index (χ1v) is 12.0. The lowest BCUT2D eigenvalue weighted by Crippen LogP contribution is -2.23. The number of benzene rings is 3. The topological polar surface area (TPSA) is 64.0 Å². The second-order valence-corrected chi connectivity index (χ2v) is 9.46. The number of nitrogens with zero attached hydrogens (tertiary/aromatic N) is 2. The summed E-state index contributed by atoms with van der Waals surface area (Å²) in [6.45, 7) is 3.84. The molecule has 3 aromatic carbocycles. The second kappa shape index (κ2) is 9.48. The third kappa shape index (κ3) is 4.60. The molecule has 1 amide bonds. The van der Waals surface area contributed by atoms with Crippen LogP contribution in [0.25, 0.3) is 16.6 Å². The molecule has 4 rings (SSSR count). The minimum atomic E-state index is -0.204. The first-order chi connectivity index (χ1) is 15.3. The average Bonchev–Trinajstić information content (AvgIpc) is 2.77. The summed E-state index contributed by atoms with van der Waals surface area (Å²) < 4.78 is 2.34. The molecule has 8 heteroatoms. The van der Waals surface area contributed by atoms with E-state index in [2.05, 4.69) is 26.2 Å². The molecule has 0 saturated heterocycles. The normalized spacial score (nSPS) is 11.0. The quantitative estimate of drug-likeness (QED) is 0.249. The second-order valence-electron chi connectivity index (χ2n) is 7.26. The van der Waals surface area contributed by atoms with E-state index in [-0.39, 0.29) is 17.2 Å². The van der Waals surface area contributed by atoms with Crippen LogP contribution in [0.2, 0.25) is 5.02 Å². The zero-order chi connectivity index (χ0) is 22.8. The van der Waals surface area contributed by atoms with Crippen LogP contribution in [0.4, 0.5) is 5.69 Å². The van der Waals surface area contributed by atoms with E-state index in [1.165, 1.54) is 16.3 Å². The van der Waals surface area contributed by atoms with Gasteiger partial charge in [-0.3, -0.25) is 14.2 Å². The van der Waals surface area contributed by atoms with Gasteiger partial charge in [-0.15, -0.1) is 0 Å². The highest BCUT2D eigenvalue weighted by Crippen LogP contribution is 2.27. The molecule has 0 saturated carbocycles. The Morgan fingerprint density at radius 1 is 1.12 bits per heavy atom. The van der Waals surface area contributed by atoms with E-state index in [0.717, 1.165) is 15.6 Å². The van der Waals surface area contributed by atoms with Gasteiger partial charge in [-0.05, 0) is 77.3 Å². The molecule has 0 fully saturated rings. The lowest BCUT2D eigenvalue weighted by atomic mass is 10.2. The first kappa shape index (κ1) is 22.6. The first-order valence-electron chi connectivity index (χ1n) is 9.81. The summed E-state index contributed by atoms with van der Waals surface area (Å²) in [6.07, 6.45) is 0. The number of halogens is 2. The molecule has 32 heavy (non-hydrogen) atoms. The number of thioether (sulfide) groups is 1. The van der Waals surface area contributed by atoms with Gasteiger partial charge < -0.3 is 5.32 Å². The number of hydrogen-bond acceptors (Lipinski definition) is 4. The van der Waals surface area contributed by atoms with E-state index in [1.54, 1.807) is 30.3 Å². The summed E-state index contributed by atoms with van der Waals surface area (Å²) in [5, 5.41) is 4.38. The molecule has 0 aliphatic rings. The number of amides is 1. The van der Waals surface area contributed by atoms with Crippen molar-refractivity contribution in [3.8, 4) is 5.69 Å². The van der Waals surface area contributed by atoms with Gasteiger partial charge in [0.2, 0.25) is 5.91 Å². The molecule has 0 aliphatic heterocycles. The molecule has 0 spiro atoms. The van der Waals surface area contributed by atoms with E-state index in [4.69, 9.17) is 11.6 Å². The number of carbonyl (C=O) groups excluding carboxylic acids is 1. The molecule has 1 aromatic heterocycles. The number of anilines is 1. The minimum absolute atomic E-state index is 0.0880. The summed E-state index contributed by atoms with van der Waals surface area (Å²) in [5.74, 6) is -0.110. The van der Waals surface area contributed by atoms with Crippen molar-refractivity contribution in [2.24, 2.45) is 0 Å². The van der Waals surface area contributed by atoms with Gasteiger partial charge in [0.05, 0.1) is 28.0 Å². The van der Waals surface area contributed by atoms with Gasteiger partial charge in [0, 0.05) is 9.50 Å². The zero-order valence-corrected chi connectivity index (χ0v) is 20.5. The Balaban J connectivity index is 1.70. The number of rotatable bonds is 5. The van der Waals surface area contributed by atoms with Crippen molar-refractivity contribution in [3.05, 3.63) is 91.6 Å². The van der Waals surface area contributed by atoms with Crippen LogP contribution in [0, 0.1) is 13.8 Å². The van der Waals surface area contributed by atoms with Crippen molar-refractivity contribution in [1.29, 1.82) is 0 Å². The number of aromatic nitrogens is 2. The van der Waals surface area contributed by atoms with Gasteiger partial charge in [-0.2, -0.15) is 0 Å². The van der Waals surface area contributed by atoms with Crippen molar-refractivity contribution in [2.75, 3.05) is 11.1 Å². The van der Waals surface area contributed by atoms with Gasteiger partial charge in [0.1, 0.15) is 0 Å². The van der Waals surface area contributed by atoms with Gasteiger partial charge >= 0.3 is 0 Å². The Bertz CT molecular complexity index is 1400. The van der Waals surface area contributed by atoms with Crippen molar-refractivity contribution in [1.82, 2.24) is 9.55 Å². The van der Waals surface area contributed by atoms with Crippen LogP contribution in [-0.2, 0) is 4.79 Å². The number of para-hydroxylation sites is 1. The molecular weight excluding hydrogens is 510 g/mol. The summed E-state index contributed by atoms with van der Waals surface area (Å²) in [6, 6.07) is 18.3. The number of carbonyl (C=O) groups is 1. The Hall–Kier alpha value is -2.61. The van der Waals surface area contributed by atoms with Crippen molar-refractivity contribution < 1.29 is 4.79 Å². The molecule has 0 radical (unpaired) electrons. The Morgan fingerprint density at radius 2 is 1.91 bits per heavy atom. The Morgan fingerprint density at radius 3 is 2.69 bits per heavy atom. The predicted octanol–water partition coefficient (Wildman–Crippen LogP) is 6.15. The smallest absolute Gasteiger partial charge is 0.266 e. The molecule has 162 valence electrons. The molecule has 1 N–H and O–H groups in total. The van der Waals surface area contributed by atoms with Crippen LogP contribution in [0.15, 0.2) is 75.1 Å². The van der Waals surface area contributed by atoms with Gasteiger partial charge in [0.25, 0.3) is 5.56 Å². The third-order valence-electron chi connectivity index (χ3n) is 4.96. The van der Waals surface area contributed by atoms with Crippen LogP contribution in [0.1, 0.15) is 11.1 Å². The van der Waals surface area contributed by atoms with E-state index in [1.807, 2.05) is 44.2 Å². The van der Waals surface area contributed by atoms with Gasteiger partial charge in [-0.25, -0.2) is 4.98 Å². The standard InChI is InChI=1S/C24H19BrClN3O2S/c1-14-10-11-20(17(25)12-14)27-22(30)13-32-24-28-19-8-4-3-6-16(19)23(31)29(24)21-9-5-7-18(26)15(21)2/h3-12H,13H2,1-2H3,(H,27,30). The van der Waals surface area contributed by atoms with Crippen LogP contribution < -0.4 is 10.9 Å². The molecule has 5 nitrogen and oxygen atoms in total. The zero-order valence-electron chi connectivity index (χ0n) is 17.4. The molecule has 0 atom stereocenters. The summed E-state index contributed by atoms with van der Waals surface area (Å²) in [5.41, 5.74) is 3.57. The molecule has 0 unspecified atom stereocenters.